The van der Waals surface area contributed by atoms with Crippen LogP contribution in [0.25, 0.3) is 11.3 Å². The van der Waals surface area contributed by atoms with E-state index in [1.165, 1.54) is 17.4 Å². The molecule has 2 aliphatic rings. The number of aryl methyl sites for hydroxylation is 1. The molecule has 0 bridgehead atoms. The van der Waals surface area contributed by atoms with Gasteiger partial charge >= 0.3 is 0 Å². The van der Waals surface area contributed by atoms with Crippen molar-refractivity contribution in [2.24, 2.45) is 7.05 Å². The van der Waals surface area contributed by atoms with Crippen molar-refractivity contribution in [3.8, 4) is 11.3 Å². The lowest BCUT2D eigenvalue weighted by Gasteiger charge is -2.15. The monoisotopic (exact) mass is 404 g/mol. The third-order valence-electron chi connectivity index (χ3n) is 5.74. The Hall–Kier alpha value is -3.36. The van der Waals surface area contributed by atoms with E-state index in [1.54, 1.807) is 31.7 Å². The topological polar surface area (TPSA) is 111 Å². The van der Waals surface area contributed by atoms with Gasteiger partial charge in [0, 0.05) is 31.2 Å². The molecule has 2 aliphatic carbocycles. The van der Waals surface area contributed by atoms with E-state index >= 15 is 0 Å². The molecule has 2 fully saturated rings. The van der Waals surface area contributed by atoms with Crippen molar-refractivity contribution >= 4 is 11.8 Å². The molecular weight excluding hydrogens is 380 g/mol. The summed E-state index contributed by atoms with van der Waals surface area (Å²) in [7, 11) is 1.72. The second-order valence-electron chi connectivity index (χ2n) is 8.10. The zero-order valence-electron chi connectivity index (χ0n) is 16.8. The van der Waals surface area contributed by atoms with Gasteiger partial charge in [0.25, 0.3) is 5.56 Å². The number of hydrogen-bond acceptors (Lipinski definition) is 8. The van der Waals surface area contributed by atoms with Crippen LogP contribution in [0, 0.1) is 0 Å². The smallest absolute Gasteiger partial charge is 0.259 e. The van der Waals surface area contributed by atoms with Crippen molar-refractivity contribution in [1.29, 1.82) is 0 Å². The Bertz CT molecular complexity index is 1080. The van der Waals surface area contributed by atoms with Crippen LogP contribution in [0.4, 0.5) is 11.8 Å². The fourth-order valence-electron chi connectivity index (χ4n) is 3.89. The Balaban J connectivity index is 1.17. The SMILES string of the molecule is Cn1cccc(-c2cnc(N[C@H]3CC[C@H](Nc4ncc(C5CC5)nn4)C3)cn2)c1=O. The molecular formula is C21H24N8O. The van der Waals surface area contributed by atoms with E-state index in [1.807, 2.05) is 12.3 Å². The first-order valence-electron chi connectivity index (χ1n) is 10.4. The average Bonchev–Trinajstić information content (AvgIpc) is 3.52. The molecule has 0 aliphatic heterocycles. The molecule has 3 aromatic heterocycles. The van der Waals surface area contributed by atoms with Crippen LogP contribution in [-0.4, -0.2) is 41.8 Å². The molecule has 3 heterocycles. The van der Waals surface area contributed by atoms with Gasteiger partial charge in [-0.2, -0.15) is 0 Å². The second kappa shape index (κ2) is 7.81. The lowest BCUT2D eigenvalue weighted by atomic mass is 10.2. The van der Waals surface area contributed by atoms with Crippen LogP contribution in [0.3, 0.4) is 0 Å². The number of rotatable bonds is 6. The maximum atomic E-state index is 12.2. The standard InChI is InChI=1S/C21H24N8O/c1-29-8-2-3-16(20(29)30)18-11-23-19(12-22-18)25-14-6-7-15(9-14)26-21-24-10-17(27-28-21)13-4-5-13/h2-3,8,10-15H,4-7,9H2,1H3,(H,23,25)(H,24,26,28)/t14-,15-/m0/s1. The minimum Gasteiger partial charge on any atom is -0.366 e. The maximum Gasteiger partial charge on any atom is 0.259 e. The molecule has 9 heteroatoms. The molecule has 0 amide bonds. The third-order valence-corrected chi connectivity index (χ3v) is 5.74. The Labute approximate surface area is 174 Å². The van der Waals surface area contributed by atoms with Crippen LogP contribution in [-0.2, 0) is 7.05 Å². The summed E-state index contributed by atoms with van der Waals surface area (Å²) in [6.07, 6.45) is 12.3. The minimum atomic E-state index is -0.0842. The highest BCUT2D eigenvalue weighted by Crippen LogP contribution is 2.38. The van der Waals surface area contributed by atoms with E-state index in [0.717, 1.165) is 25.0 Å². The van der Waals surface area contributed by atoms with Crippen LogP contribution in [0.1, 0.15) is 43.7 Å². The van der Waals surface area contributed by atoms with Crippen molar-refractivity contribution < 1.29 is 0 Å². The normalized spacial score (nSPS) is 20.8. The molecule has 9 nitrogen and oxygen atoms in total. The van der Waals surface area contributed by atoms with Crippen molar-refractivity contribution in [2.75, 3.05) is 10.6 Å². The molecule has 2 N–H and O–H groups in total. The first-order valence-corrected chi connectivity index (χ1v) is 10.4. The summed E-state index contributed by atoms with van der Waals surface area (Å²) in [5, 5.41) is 15.3. The van der Waals surface area contributed by atoms with Gasteiger partial charge in [-0.3, -0.25) is 9.78 Å². The quantitative estimate of drug-likeness (QED) is 0.644. The van der Waals surface area contributed by atoms with E-state index in [4.69, 9.17) is 0 Å². The summed E-state index contributed by atoms with van der Waals surface area (Å²) in [5.74, 6) is 1.87. The largest absolute Gasteiger partial charge is 0.366 e. The van der Waals surface area contributed by atoms with Gasteiger partial charge in [-0.05, 0) is 44.2 Å². The van der Waals surface area contributed by atoms with E-state index in [9.17, 15) is 4.79 Å². The predicted molar refractivity (Wildman–Crippen MR) is 113 cm³/mol. The molecule has 0 aromatic carbocycles. The molecule has 154 valence electrons. The zero-order chi connectivity index (χ0) is 20.5. The van der Waals surface area contributed by atoms with Crippen LogP contribution in [0.5, 0.6) is 0 Å². The number of anilines is 2. The maximum absolute atomic E-state index is 12.2. The van der Waals surface area contributed by atoms with E-state index in [-0.39, 0.29) is 5.56 Å². The van der Waals surface area contributed by atoms with Gasteiger partial charge in [-0.25, -0.2) is 9.97 Å². The molecule has 0 saturated heterocycles. The fourth-order valence-corrected chi connectivity index (χ4v) is 3.89. The highest BCUT2D eigenvalue weighted by molar-refractivity contribution is 5.57. The minimum absolute atomic E-state index is 0.0842. The van der Waals surface area contributed by atoms with Crippen molar-refractivity contribution in [2.45, 2.75) is 50.1 Å². The lowest BCUT2D eigenvalue weighted by Crippen LogP contribution is -2.22. The van der Waals surface area contributed by atoms with Crippen LogP contribution in [0.2, 0.25) is 0 Å². The fraction of sp³-hybridized carbons (Fsp3) is 0.429. The van der Waals surface area contributed by atoms with E-state index < -0.39 is 0 Å². The summed E-state index contributed by atoms with van der Waals surface area (Å²) in [5.41, 5.74) is 2.04. The highest BCUT2D eigenvalue weighted by atomic mass is 16.1. The molecule has 5 rings (SSSR count). The van der Waals surface area contributed by atoms with Gasteiger partial charge in [0.05, 0.1) is 35.5 Å². The Kier molecular flexibility index (Phi) is 4.86. The van der Waals surface area contributed by atoms with Crippen LogP contribution >= 0.6 is 0 Å². The van der Waals surface area contributed by atoms with Crippen molar-refractivity contribution in [3.63, 3.8) is 0 Å². The summed E-state index contributed by atoms with van der Waals surface area (Å²) in [4.78, 5) is 25.5. The van der Waals surface area contributed by atoms with Gasteiger partial charge in [0.1, 0.15) is 5.82 Å². The zero-order valence-corrected chi connectivity index (χ0v) is 16.8. The summed E-state index contributed by atoms with van der Waals surface area (Å²) < 4.78 is 1.54. The summed E-state index contributed by atoms with van der Waals surface area (Å²) >= 11 is 0. The molecule has 2 saturated carbocycles. The number of aromatic nitrogens is 6. The third kappa shape index (κ3) is 4.00. The Morgan fingerprint density at radius 1 is 0.967 bits per heavy atom. The number of hydrogen-bond donors (Lipinski definition) is 2. The highest BCUT2D eigenvalue weighted by Gasteiger charge is 2.27. The van der Waals surface area contributed by atoms with Crippen molar-refractivity contribution in [1.82, 2.24) is 29.7 Å². The van der Waals surface area contributed by atoms with Gasteiger partial charge < -0.3 is 15.2 Å². The number of nitrogens with one attached hydrogen (secondary N) is 2. The Morgan fingerprint density at radius 3 is 2.50 bits per heavy atom. The molecule has 3 aromatic rings. The number of nitrogens with zero attached hydrogens (tertiary/aromatic N) is 6. The van der Waals surface area contributed by atoms with E-state index in [0.29, 0.717) is 41.0 Å². The molecule has 2 atom stereocenters. The van der Waals surface area contributed by atoms with Crippen molar-refractivity contribution in [3.05, 3.63) is 53.0 Å². The number of pyridine rings is 1. The van der Waals surface area contributed by atoms with E-state index in [2.05, 4.69) is 35.8 Å². The summed E-state index contributed by atoms with van der Waals surface area (Å²) in [6.45, 7) is 0. The van der Waals surface area contributed by atoms with Crippen LogP contribution < -0.4 is 16.2 Å². The van der Waals surface area contributed by atoms with Gasteiger partial charge in [-0.1, -0.05) is 0 Å². The van der Waals surface area contributed by atoms with Gasteiger partial charge in [-0.15, -0.1) is 10.2 Å². The molecule has 0 radical (unpaired) electrons. The van der Waals surface area contributed by atoms with Gasteiger partial charge in [0.15, 0.2) is 0 Å². The first kappa shape index (κ1) is 18.7. The predicted octanol–water partition coefficient (Wildman–Crippen LogP) is 2.35. The second-order valence-corrected chi connectivity index (χ2v) is 8.10. The molecule has 0 spiro atoms. The molecule has 30 heavy (non-hydrogen) atoms. The Morgan fingerprint density at radius 2 is 1.80 bits per heavy atom. The molecule has 0 unspecified atom stereocenters. The lowest BCUT2D eigenvalue weighted by molar-refractivity contribution is 0.710. The van der Waals surface area contributed by atoms with Crippen LogP contribution in [0.15, 0.2) is 41.7 Å². The average molecular weight is 404 g/mol. The first-order chi connectivity index (χ1) is 14.7. The van der Waals surface area contributed by atoms with Gasteiger partial charge in [0.2, 0.25) is 5.95 Å². The summed E-state index contributed by atoms with van der Waals surface area (Å²) in [6, 6.07) is 4.19.